The molecular formula is C16H22F2N4. The number of hydrogen-bond acceptors (Lipinski definition) is 3. The third-order valence-corrected chi connectivity index (χ3v) is 4.00. The molecule has 0 bridgehead atoms. The lowest BCUT2D eigenvalue weighted by atomic mass is 9.84. The summed E-state index contributed by atoms with van der Waals surface area (Å²) in [6, 6.07) is 3.62. The maximum Gasteiger partial charge on any atom is 0.254 e. The van der Waals surface area contributed by atoms with Gasteiger partial charge in [0.05, 0.1) is 5.69 Å². The normalized spacial score (nSPS) is 12.5. The minimum Gasteiger partial charge on any atom is -0.381 e. The lowest BCUT2D eigenvalue weighted by molar-refractivity contribution is -0.101. The van der Waals surface area contributed by atoms with E-state index >= 15 is 0 Å². The van der Waals surface area contributed by atoms with Crippen LogP contribution >= 0.6 is 0 Å². The first-order valence-corrected chi connectivity index (χ1v) is 7.35. The van der Waals surface area contributed by atoms with Crippen molar-refractivity contribution in [1.29, 1.82) is 0 Å². The van der Waals surface area contributed by atoms with Gasteiger partial charge in [-0.25, -0.2) is 18.7 Å². The van der Waals surface area contributed by atoms with Crippen LogP contribution in [0.4, 0.5) is 14.5 Å². The molecule has 22 heavy (non-hydrogen) atoms. The van der Waals surface area contributed by atoms with Gasteiger partial charge in [0, 0.05) is 37.0 Å². The number of aromatic nitrogens is 3. The van der Waals surface area contributed by atoms with Crippen LogP contribution in [0.1, 0.15) is 33.0 Å². The van der Waals surface area contributed by atoms with Gasteiger partial charge in [0.25, 0.3) is 5.92 Å². The van der Waals surface area contributed by atoms with E-state index in [9.17, 15) is 8.78 Å². The lowest BCUT2D eigenvalue weighted by Gasteiger charge is -2.34. The molecule has 2 aromatic rings. The molecule has 0 unspecified atom stereocenters. The Kier molecular flexibility index (Phi) is 4.49. The average Bonchev–Trinajstić information content (AvgIpc) is 2.91. The standard InChI is InChI=1S/C16H22F2N4/c1-5-16(17,18)15(3,4)11-21-13-7-6-8-20-14(13)22-10-9-19-12(22)2/h6-10,21H,5,11H2,1-4H3. The fourth-order valence-electron chi connectivity index (χ4n) is 2.25. The summed E-state index contributed by atoms with van der Waals surface area (Å²) in [6.45, 7) is 6.67. The SMILES string of the molecule is CCC(F)(F)C(C)(C)CNc1cccnc1-n1ccnc1C. The third kappa shape index (κ3) is 3.10. The molecule has 0 aliphatic heterocycles. The van der Waals surface area contributed by atoms with Crippen LogP contribution in [-0.2, 0) is 0 Å². The average molecular weight is 308 g/mol. The van der Waals surface area contributed by atoms with Crippen molar-refractivity contribution in [3.63, 3.8) is 0 Å². The van der Waals surface area contributed by atoms with E-state index in [1.165, 1.54) is 6.92 Å². The van der Waals surface area contributed by atoms with Crippen molar-refractivity contribution in [3.05, 3.63) is 36.5 Å². The second-order valence-electron chi connectivity index (χ2n) is 6.01. The number of aryl methyl sites for hydroxylation is 1. The molecule has 0 saturated carbocycles. The topological polar surface area (TPSA) is 42.7 Å². The van der Waals surface area contributed by atoms with Crippen LogP contribution in [0.25, 0.3) is 5.82 Å². The van der Waals surface area contributed by atoms with E-state index in [-0.39, 0.29) is 13.0 Å². The molecule has 4 nitrogen and oxygen atoms in total. The van der Waals surface area contributed by atoms with Crippen LogP contribution in [0.5, 0.6) is 0 Å². The Morgan fingerprint density at radius 2 is 1.95 bits per heavy atom. The first kappa shape index (κ1) is 16.4. The van der Waals surface area contributed by atoms with E-state index in [4.69, 9.17) is 0 Å². The highest BCUT2D eigenvalue weighted by Crippen LogP contribution is 2.39. The molecule has 2 heterocycles. The molecule has 0 amide bonds. The number of nitrogens with one attached hydrogen (secondary N) is 1. The van der Waals surface area contributed by atoms with Crippen LogP contribution in [0, 0.1) is 12.3 Å². The van der Waals surface area contributed by atoms with E-state index in [0.717, 1.165) is 5.82 Å². The van der Waals surface area contributed by atoms with Gasteiger partial charge in [0.15, 0.2) is 5.82 Å². The van der Waals surface area contributed by atoms with Crippen molar-refractivity contribution < 1.29 is 8.78 Å². The molecule has 0 radical (unpaired) electrons. The van der Waals surface area contributed by atoms with Crippen LogP contribution in [0.15, 0.2) is 30.7 Å². The zero-order valence-electron chi connectivity index (χ0n) is 13.4. The molecule has 0 atom stereocenters. The molecule has 0 fully saturated rings. The Labute approximate surface area is 129 Å². The fourth-order valence-corrected chi connectivity index (χ4v) is 2.25. The van der Waals surface area contributed by atoms with Crippen LogP contribution in [0.3, 0.4) is 0 Å². The molecule has 2 rings (SSSR count). The predicted molar refractivity (Wildman–Crippen MR) is 83.6 cm³/mol. The Balaban J connectivity index is 2.24. The van der Waals surface area contributed by atoms with Gasteiger partial charge in [0.2, 0.25) is 0 Å². The van der Waals surface area contributed by atoms with E-state index in [1.54, 1.807) is 38.5 Å². The monoisotopic (exact) mass is 308 g/mol. The molecule has 2 aromatic heterocycles. The van der Waals surface area contributed by atoms with Crippen molar-refractivity contribution in [2.24, 2.45) is 5.41 Å². The van der Waals surface area contributed by atoms with Gasteiger partial charge in [0.1, 0.15) is 5.82 Å². The zero-order valence-corrected chi connectivity index (χ0v) is 13.4. The summed E-state index contributed by atoms with van der Waals surface area (Å²) in [4.78, 5) is 8.51. The Morgan fingerprint density at radius 3 is 2.55 bits per heavy atom. The van der Waals surface area contributed by atoms with Gasteiger partial charge in [-0.15, -0.1) is 0 Å². The maximum atomic E-state index is 14.0. The summed E-state index contributed by atoms with van der Waals surface area (Å²) in [5.74, 6) is -1.28. The summed E-state index contributed by atoms with van der Waals surface area (Å²) in [7, 11) is 0. The second-order valence-corrected chi connectivity index (χ2v) is 6.01. The van der Waals surface area contributed by atoms with Crippen molar-refractivity contribution in [2.45, 2.75) is 40.0 Å². The number of rotatable bonds is 6. The number of alkyl halides is 2. The van der Waals surface area contributed by atoms with Gasteiger partial charge < -0.3 is 5.32 Å². The minimum absolute atomic E-state index is 0.153. The highest BCUT2D eigenvalue weighted by Gasteiger charge is 2.44. The minimum atomic E-state index is -2.73. The Hall–Kier alpha value is -1.98. The molecule has 0 saturated heterocycles. The van der Waals surface area contributed by atoms with Gasteiger partial charge >= 0.3 is 0 Å². The van der Waals surface area contributed by atoms with Crippen molar-refractivity contribution in [3.8, 4) is 5.82 Å². The van der Waals surface area contributed by atoms with Gasteiger partial charge in [-0.1, -0.05) is 20.8 Å². The lowest BCUT2D eigenvalue weighted by Crippen LogP contribution is -2.41. The third-order valence-electron chi connectivity index (χ3n) is 4.00. The van der Waals surface area contributed by atoms with E-state index in [0.29, 0.717) is 11.5 Å². The molecule has 0 spiro atoms. The number of hydrogen-bond donors (Lipinski definition) is 1. The zero-order chi connectivity index (χ0) is 16.4. The van der Waals surface area contributed by atoms with E-state index < -0.39 is 11.3 Å². The highest BCUT2D eigenvalue weighted by atomic mass is 19.3. The van der Waals surface area contributed by atoms with Crippen molar-refractivity contribution >= 4 is 5.69 Å². The Morgan fingerprint density at radius 1 is 1.23 bits per heavy atom. The first-order chi connectivity index (χ1) is 10.3. The first-order valence-electron chi connectivity index (χ1n) is 7.35. The molecule has 1 N–H and O–H groups in total. The molecule has 6 heteroatoms. The van der Waals surface area contributed by atoms with E-state index in [1.807, 2.05) is 17.6 Å². The number of pyridine rings is 1. The van der Waals surface area contributed by atoms with Gasteiger partial charge in [-0.05, 0) is 19.1 Å². The quantitative estimate of drug-likeness (QED) is 0.875. The van der Waals surface area contributed by atoms with Gasteiger partial charge in [-0.3, -0.25) is 4.57 Å². The fraction of sp³-hybridized carbons (Fsp3) is 0.500. The Bertz CT molecular complexity index is 635. The summed E-state index contributed by atoms with van der Waals surface area (Å²) in [6.07, 6.45) is 4.98. The number of anilines is 1. The largest absolute Gasteiger partial charge is 0.381 e. The van der Waals surface area contributed by atoms with Crippen LogP contribution < -0.4 is 5.32 Å². The molecular weight excluding hydrogens is 286 g/mol. The molecule has 120 valence electrons. The smallest absolute Gasteiger partial charge is 0.254 e. The summed E-state index contributed by atoms with van der Waals surface area (Å²) in [5, 5.41) is 3.12. The maximum absolute atomic E-state index is 14.0. The van der Waals surface area contributed by atoms with Crippen molar-refractivity contribution in [1.82, 2.24) is 14.5 Å². The summed E-state index contributed by atoms with van der Waals surface area (Å²) < 4.78 is 29.8. The van der Waals surface area contributed by atoms with Crippen molar-refractivity contribution in [2.75, 3.05) is 11.9 Å². The number of halogens is 2. The number of nitrogens with zero attached hydrogens (tertiary/aromatic N) is 3. The predicted octanol–water partition coefficient (Wildman–Crippen LogP) is 4.06. The van der Waals surface area contributed by atoms with Crippen LogP contribution in [-0.4, -0.2) is 27.0 Å². The molecule has 0 aromatic carbocycles. The molecule has 0 aliphatic rings. The summed E-state index contributed by atoms with van der Waals surface area (Å²) >= 11 is 0. The summed E-state index contributed by atoms with van der Waals surface area (Å²) in [5.41, 5.74) is -0.442. The highest BCUT2D eigenvalue weighted by molar-refractivity contribution is 5.57. The second kappa shape index (κ2) is 6.02. The number of imidazole rings is 1. The molecule has 0 aliphatic carbocycles. The van der Waals surface area contributed by atoms with E-state index in [2.05, 4.69) is 15.3 Å². The van der Waals surface area contributed by atoms with Gasteiger partial charge in [-0.2, -0.15) is 0 Å². The van der Waals surface area contributed by atoms with Crippen LogP contribution in [0.2, 0.25) is 0 Å².